The molecule has 0 aliphatic heterocycles. The Morgan fingerprint density at radius 1 is 1.67 bits per heavy atom. The zero-order chi connectivity index (χ0) is 11.4. The molecule has 0 radical (unpaired) electrons. The van der Waals surface area contributed by atoms with Crippen molar-refractivity contribution in [3.63, 3.8) is 0 Å². The maximum absolute atomic E-state index is 11.2. The predicted octanol–water partition coefficient (Wildman–Crippen LogP) is 0.609. The van der Waals surface area contributed by atoms with Crippen LogP contribution in [-0.2, 0) is 14.3 Å². The number of hydrogen-bond acceptors (Lipinski definition) is 5. The molecule has 6 nitrogen and oxygen atoms in total. The van der Waals surface area contributed by atoms with Crippen molar-refractivity contribution in [2.45, 2.75) is 13.3 Å². The van der Waals surface area contributed by atoms with Gasteiger partial charge in [-0.15, -0.1) is 0 Å². The monoisotopic (exact) mass is 211 g/mol. The van der Waals surface area contributed by atoms with Gasteiger partial charge >= 0.3 is 5.97 Å². The van der Waals surface area contributed by atoms with E-state index in [0.29, 0.717) is 0 Å². The number of hydrogen-bond donors (Lipinski definition) is 0. The van der Waals surface area contributed by atoms with E-state index in [4.69, 9.17) is 0 Å². The molecular weight excluding hydrogens is 202 g/mol. The molecule has 0 aromatic heterocycles. The summed E-state index contributed by atoms with van der Waals surface area (Å²) in [6.07, 6.45) is 1.98. The number of nitro groups is 1. The van der Waals surface area contributed by atoms with Crippen LogP contribution >= 0.6 is 0 Å². The summed E-state index contributed by atoms with van der Waals surface area (Å²) < 4.78 is 4.60. The maximum atomic E-state index is 11.2. The highest BCUT2D eigenvalue weighted by Crippen LogP contribution is 2.15. The van der Waals surface area contributed by atoms with Crippen molar-refractivity contribution in [1.82, 2.24) is 0 Å². The zero-order valence-corrected chi connectivity index (χ0v) is 8.06. The fourth-order valence-corrected chi connectivity index (χ4v) is 1.10. The van der Waals surface area contributed by atoms with E-state index >= 15 is 0 Å². The number of carbonyl (C=O) groups is 2. The first-order chi connectivity index (χ1) is 7.06. The molecule has 15 heavy (non-hydrogen) atoms. The van der Waals surface area contributed by atoms with Crippen molar-refractivity contribution in [2.24, 2.45) is 0 Å². The van der Waals surface area contributed by atoms with Gasteiger partial charge in [-0.25, -0.2) is 4.79 Å². The molecule has 0 unspecified atom stereocenters. The van der Waals surface area contributed by atoms with Crippen molar-refractivity contribution in [3.8, 4) is 0 Å². The van der Waals surface area contributed by atoms with Crippen LogP contribution in [0.3, 0.4) is 0 Å². The molecule has 6 heteroatoms. The largest absolute Gasteiger partial charge is 0.462 e. The molecule has 0 spiro atoms. The Morgan fingerprint density at radius 3 is 2.87 bits per heavy atom. The van der Waals surface area contributed by atoms with Crippen molar-refractivity contribution >= 4 is 11.8 Å². The van der Waals surface area contributed by atoms with E-state index in [0.717, 1.165) is 6.08 Å². The number of nitrogens with zero attached hydrogens (tertiary/aromatic N) is 1. The number of ether oxygens (including phenoxy) is 1. The van der Waals surface area contributed by atoms with Gasteiger partial charge in [0.05, 0.1) is 11.5 Å². The van der Waals surface area contributed by atoms with Gasteiger partial charge in [-0.2, -0.15) is 0 Å². The third-order valence-electron chi connectivity index (χ3n) is 1.80. The molecule has 1 aliphatic carbocycles. The van der Waals surface area contributed by atoms with Crippen LogP contribution in [0.5, 0.6) is 0 Å². The van der Waals surface area contributed by atoms with Gasteiger partial charge in [0.2, 0.25) is 0 Å². The molecular formula is C9H9NO5. The minimum atomic E-state index is -0.810. The lowest BCUT2D eigenvalue weighted by Gasteiger charge is -2.07. The van der Waals surface area contributed by atoms with E-state index in [1.165, 1.54) is 6.08 Å². The number of carbonyl (C=O) groups excluding carboxylic acids is 2. The Kier molecular flexibility index (Phi) is 3.33. The molecule has 80 valence electrons. The lowest BCUT2D eigenvalue weighted by atomic mass is 10.0. The number of rotatable bonds is 3. The van der Waals surface area contributed by atoms with E-state index in [1.54, 1.807) is 6.92 Å². The molecule has 0 aromatic carbocycles. The van der Waals surface area contributed by atoms with Crippen molar-refractivity contribution in [1.29, 1.82) is 0 Å². The number of Topliss-reactive ketones (excluding diaryl/α,β-unsaturated/α-hetero) is 1. The lowest BCUT2D eigenvalue weighted by Crippen LogP contribution is -2.19. The van der Waals surface area contributed by atoms with Crippen LogP contribution in [0.15, 0.2) is 23.4 Å². The molecule has 1 aliphatic rings. The van der Waals surface area contributed by atoms with Crippen LogP contribution in [0.4, 0.5) is 0 Å². The SMILES string of the molecule is CCOC(=O)C1=CC([N+](=O)[O-])=CCC1=O. The van der Waals surface area contributed by atoms with Gasteiger partial charge in [0.25, 0.3) is 5.70 Å². The number of ketones is 1. The molecule has 0 aromatic rings. The van der Waals surface area contributed by atoms with Crippen LogP contribution < -0.4 is 0 Å². The zero-order valence-electron chi connectivity index (χ0n) is 8.06. The van der Waals surface area contributed by atoms with E-state index in [2.05, 4.69) is 4.74 Å². The molecule has 0 atom stereocenters. The minimum Gasteiger partial charge on any atom is -0.462 e. The summed E-state index contributed by atoms with van der Waals surface area (Å²) in [6, 6.07) is 0. The topological polar surface area (TPSA) is 86.5 Å². The van der Waals surface area contributed by atoms with Gasteiger partial charge in [-0.05, 0) is 6.92 Å². The summed E-state index contributed by atoms with van der Waals surface area (Å²) in [5.74, 6) is -1.27. The van der Waals surface area contributed by atoms with Gasteiger partial charge in [0.1, 0.15) is 5.57 Å². The molecule has 0 saturated heterocycles. The molecule has 0 amide bonds. The van der Waals surface area contributed by atoms with Crippen LogP contribution in [0.2, 0.25) is 0 Å². The van der Waals surface area contributed by atoms with Crippen LogP contribution in [0, 0.1) is 10.1 Å². The standard InChI is InChI=1S/C9H9NO5/c1-2-15-9(12)7-5-6(10(13)14)3-4-8(7)11/h3,5H,2,4H2,1H3. The predicted molar refractivity (Wildman–Crippen MR) is 49.4 cm³/mol. The summed E-state index contributed by atoms with van der Waals surface area (Å²) >= 11 is 0. The average molecular weight is 211 g/mol. The van der Waals surface area contributed by atoms with E-state index in [9.17, 15) is 19.7 Å². The minimum absolute atomic E-state index is 0.126. The quantitative estimate of drug-likeness (QED) is 0.295. The van der Waals surface area contributed by atoms with Crippen molar-refractivity contribution < 1.29 is 19.2 Å². The summed E-state index contributed by atoms with van der Waals surface area (Å²) in [4.78, 5) is 32.2. The third-order valence-corrected chi connectivity index (χ3v) is 1.80. The van der Waals surface area contributed by atoms with Crippen LogP contribution in [-0.4, -0.2) is 23.3 Å². The fraction of sp³-hybridized carbons (Fsp3) is 0.333. The van der Waals surface area contributed by atoms with E-state index < -0.39 is 16.7 Å². The highest BCUT2D eigenvalue weighted by Gasteiger charge is 2.26. The first-order valence-corrected chi connectivity index (χ1v) is 4.32. The Bertz CT molecular complexity index is 380. The summed E-state index contributed by atoms with van der Waals surface area (Å²) in [5.41, 5.74) is -0.510. The molecule has 0 saturated carbocycles. The molecule has 0 bridgehead atoms. The van der Waals surface area contributed by atoms with E-state index in [1.807, 2.05) is 0 Å². The summed E-state index contributed by atoms with van der Waals surface area (Å²) in [7, 11) is 0. The first-order valence-electron chi connectivity index (χ1n) is 4.32. The van der Waals surface area contributed by atoms with Crippen LogP contribution in [0.1, 0.15) is 13.3 Å². The Labute approximate surface area is 85.4 Å². The normalized spacial score (nSPS) is 15.4. The summed E-state index contributed by atoms with van der Waals surface area (Å²) in [5, 5.41) is 10.4. The highest BCUT2D eigenvalue weighted by molar-refractivity contribution is 6.18. The lowest BCUT2D eigenvalue weighted by molar-refractivity contribution is -0.419. The van der Waals surface area contributed by atoms with Crippen molar-refractivity contribution in [3.05, 3.63) is 33.5 Å². The van der Waals surface area contributed by atoms with Gasteiger partial charge in [-0.1, -0.05) is 0 Å². The van der Waals surface area contributed by atoms with E-state index in [-0.39, 0.29) is 24.3 Å². The molecule has 0 fully saturated rings. The molecule has 0 heterocycles. The Morgan fingerprint density at radius 2 is 2.33 bits per heavy atom. The first kappa shape index (κ1) is 11.1. The van der Waals surface area contributed by atoms with Gasteiger partial charge in [0.15, 0.2) is 5.78 Å². The highest BCUT2D eigenvalue weighted by atomic mass is 16.6. The number of allylic oxidation sites excluding steroid dienone is 2. The third kappa shape index (κ3) is 2.49. The van der Waals surface area contributed by atoms with Crippen LogP contribution in [0.25, 0.3) is 0 Å². The second-order valence-corrected chi connectivity index (χ2v) is 2.79. The average Bonchev–Trinajstić information content (AvgIpc) is 2.18. The van der Waals surface area contributed by atoms with Gasteiger partial charge in [0, 0.05) is 18.6 Å². The maximum Gasteiger partial charge on any atom is 0.342 e. The molecule has 0 N–H and O–H groups in total. The summed E-state index contributed by atoms with van der Waals surface area (Å²) in [6.45, 7) is 1.72. The van der Waals surface area contributed by atoms with Gasteiger partial charge < -0.3 is 4.74 Å². The smallest absolute Gasteiger partial charge is 0.342 e. The molecule has 1 rings (SSSR count). The Hall–Kier alpha value is -1.98. The fourth-order valence-electron chi connectivity index (χ4n) is 1.10. The van der Waals surface area contributed by atoms with Gasteiger partial charge in [-0.3, -0.25) is 14.9 Å². The number of esters is 1. The second-order valence-electron chi connectivity index (χ2n) is 2.79. The second kappa shape index (κ2) is 4.50. The Balaban J connectivity index is 2.94. The van der Waals surface area contributed by atoms with Crippen molar-refractivity contribution in [2.75, 3.05) is 6.61 Å².